The molecule has 3 aromatic carbocycles. The molecular weight excluding hydrogens is 490 g/mol. The number of phenolic OH excluding ortho intramolecular Hbond substituents is 1. The van der Waals surface area contributed by atoms with Crippen LogP contribution in [0.5, 0.6) is 11.5 Å². The summed E-state index contributed by atoms with van der Waals surface area (Å²) >= 11 is 0. The molecule has 3 rings (SSSR count). The van der Waals surface area contributed by atoms with Gasteiger partial charge in [-0.25, -0.2) is 15.5 Å². The number of phenols is 1. The van der Waals surface area contributed by atoms with Crippen LogP contribution in [0.2, 0.25) is 0 Å². The van der Waals surface area contributed by atoms with Crippen molar-refractivity contribution in [3.63, 3.8) is 0 Å². The minimum atomic E-state index is -1.26. The lowest BCUT2D eigenvalue weighted by molar-refractivity contribution is -0.163. The van der Waals surface area contributed by atoms with Crippen LogP contribution < -0.4 is 16.4 Å². The molecule has 0 heterocycles. The molecule has 1 atom stereocenters. The average molecular weight is 522 g/mol. The molecule has 1 amide bonds. The predicted octanol–water partition coefficient (Wildman–Crippen LogP) is 4.00. The molecule has 0 aliphatic heterocycles. The van der Waals surface area contributed by atoms with Gasteiger partial charge in [0.2, 0.25) is 6.10 Å². The number of hydrogen-bond acceptors (Lipinski definition) is 8. The van der Waals surface area contributed by atoms with Gasteiger partial charge in [0.15, 0.2) is 6.10 Å². The Hall–Kier alpha value is -4.41. The Morgan fingerprint density at radius 3 is 2.03 bits per heavy atom. The largest absolute Gasteiger partial charge is 0.507 e. The third kappa shape index (κ3) is 8.05. The van der Waals surface area contributed by atoms with E-state index in [1.54, 1.807) is 20.8 Å². The summed E-state index contributed by atoms with van der Waals surface area (Å²) in [7, 11) is 0. The molecule has 38 heavy (non-hydrogen) atoms. The van der Waals surface area contributed by atoms with Crippen LogP contribution in [-0.4, -0.2) is 41.3 Å². The second-order valence-electron chi connectivity index (χ2n) is 9.23. The first-order chi connectivity index (χ1) is 18.1. The van der Waals surface area contributed by atoms with Gasteiger partial charge in [0.1, 0.15) is 29.5 Å². The number of aliphatic imine (C=N–C) groups is 1. The Morgan fingerprint density at radius 1 is 0.947 bits per heavy atom. The Balaban J connectivity index is 1.68. The maximum Gasteiger partial charge on any atom is 0.436 e. The topological polar surface area (TPSA) is 156 Å². The summed E-state index contributed by atoms with van der Waals surface area (Å²) in [5.41, 5.74) is 6.74. The summed E-state index contributed by atoms with van der Waals surface area (Å²) in [5.74, 6) is 4.29. The van der Waals surface area contributed by atoms with Gasteiger partial charge in [-0.15, -0.1) is 0 Å². The summed E-state index contributed by atoms with van der Waals surface area (Å²) in [5, 5.41) is 10.4. The van der Waals surface area contributed by atoms with Crippen LogP contribution in [0.15, 0.2) is 83.9 Å². The van der Waals surface area contributed by atoms with Crippen molar-refractivity contribution in [1.82, 2.24) is 0 Å². The van der Waals surface area contributed by atoms with E-state index >= 15 is 0 Å². The quantitative estimate of drug-likeness (QED) is 0.164. The number of carbonyl (C=O) groups excluding carboxylic acids is 2. The second kappa shape index (κ2) is 12.7. The number of amides is 1. The van der Waals surface area contributed by atoms with E-state index in [2.05, 4.69) is 4.99 Å². The number of amidine groups is 1. The smallest absolute Gasteiger partial charge is 0.436 e. The van der Waals surface area contributed by atoms with E-state index in [4.69, 9.17) is 30.7 Å². The molecule has 0 aliphatic carbocycles. The molecule has 0 aromatic heterocycles. The van der Waals surface area contributed by atoms with E-state index in [-0.39, 0.29) is 29.5 Å². The highest BCUT2D eigenvalue weighted by molar-refractivity contribution is 6.04. The van der Waals surface area contributed by atoms with Gasteiger partial charge in [-0.2, -0.15) is 4.99 Å². The van der Waals surface area contributed by atoms with Gasteiger partial charge in [0.25, 0.3) is 0 Å². The van der Waals surface area contributed by atoms with Crippen molar-refractivity contribution >= 4 is 17.9 Å². The molecule has 0 spiro atoms. The SMILES string of the molecule is CC(C)(C)OC(=O)N=C(N)c1ccc(OCC(ON)C(=O)OC(c2ccccc2)c2ccccc2)cc1O. The average Bonchev–Trinajstić information content (AvgIpc) is 2.87. The molecule has 5 N–H and O–H groups in total. The van der Waals surface area contributed by atoms with Gasteiger partial charge in [0.05, 0.1) is 5.56 Å². The van der Waals surface area contributed by atoms with E-state index in [0.717, 1.165) is 11.1 Å². The highest BCUT2D eigenvalue weighted by atomic mass is 16.7. The summed E-state index contributed by atoms with van der Waals surface area (Å²) in [6.07, 6.45) is -2.83. The maximum absolute atomic E-state index is 12.9. The van der Waals surface area contributed by atoms with E-state index in [0.29, 0.717) is 0 Å². The lowest BCUT2D eigenvalue weighted by Crippen LogP contribution is -2.35. The zero-order valence-corrected chi connectivity index (χ0v) is 21.4. The fourth-order valence-corrected chi connectivity index (χ4v) is 3.37. The minimum Gasteiger partial charge on any atom is -0.507 e. The number of carbonyl (C=O) groups is 2. The molecule has 0 fully saturated rings. The van der Waals surface area contributed by atoms with Gasteiger partial charge in [-0.3, -0.25) is 4.84 Å². The Labute approximate surface area is 220 Å². The molecule has 3 aromatic rings. The standard InChI is InChI=1S/C28H31N3O7/c1-28(2,3)37-27(34)31-25(29)21-15-14-20(16-22(21)32)35-17-23(38-30)26(33)36-24(18-10-6-4-7-11-18)19-12-8-5-9-13-19/h4-16,23-24,32H,17,30H2,1-3H3,(H2,29,31,34). The van der Waals surface area contributed by atoms with Gasteiger partial charge < -0.3 is 25.1 Å². The summed E-state index contributed by atoms with van der Waals surface area (Å²) in [6, 6.07) is 22.7. The van der Waals surface area contributed by atoms with Gasteiger partial charge in [0, 0.05) is 6.07 Å². The first kappa shape index (κ1) is 28.2. The molecule has 200 valence electrons. The van der Waals surface area contributed by atoms with Gasteiger partial charge >= 0.3 is 12.1 Å². The van der Waals surface area contributed by atoms with Crippen molar-refractivity contribution < 1.29 is 33.7 Å². The lowest BCUT2D eigenvalue weighted by atomic mass is 10.0. The molecule has 0 bridgehead atoms. The van der Waals surface area contributed by atoms with Gasteiger partial charge in [-0.05, 0) is 44.0 Å². The Bertz CT molecular complexity index is 1220. The predicted molar refractivity (Wildman–Crippen MR) is 140 cm³/mol. The van der Waals surface area contributed by atoms with Crippen LogP contribution in [-0.2, 0) is 19.1 Å². The number of nitrogens with two attached hydrogens (primary N) is 2. The zero-order chi connectivity index (χ0) is 27.7. The second-order valence-corrected chi connectivity index (χ2v) is 9.23. The van der Waals surface area contributed by atoms with Crippen molar-refractivity contribution in [2.45, 2.75) is 38.6 Å². The molecule has 0 radical (unpaired) electrons. The number of aromatic hydroxyl groups is 1. The fraction of sp³-hybridized carbons (Fsp3) is 0.250. The first-order valence-corrected chi connectivity index (χ1v) is 11.8. The highest BCUT2D eigenvalue weighted by Crippen LogP contribution is 2.27. The van der Waals surface area contributed by atoms with E-state index in [1.165, 1.54) is 18.2 Å². The van der Waals surface area contributed by atoms with Crippen molar-refractivity contribution in [3.8, 4) is 11.5 Å². The molecular formula is C28H31N3O7. The van der Waals surface area contributed by atoms with E-state index < -0.39 is 29.9 Å². The molecule has 10 nitrogen and oxygen atoms in total. The Morgan fingerprint density at radius 2 is 1.53 bits per heavy atom. The molecule has 0 saturated carbocycles. The first-order valence-electron chi connectivity index (χ1n) is 11.8. The zero-order valence-electron chi connectivity index (χ0n) is 21.4. The van der Waals surface area contributed by atoms with Gasteiger partial charge in [-0.1, -0.05) is 60.7 Å². The number of rotatable bonds is 9. The molecule has 1 unspecified atom stereocenters. The number of nitrogens with zero attached hydrogens (tertiary/aromatic N) is 1. The van der Waals surface area contributed by atoms with Crippen LogP contribution >= 0.6 is 0 Å². The minimum absolute atomic E-state index is 0.0998. The van der Waals surface area contributed by atoms with E-state index in [1.807, 2.05) is 60.7 Å². The maximum atomic E-state index is 12.9. The van der Waals surface area contributed by atoms with Crippen LogP contribution in [0.4, 0.5) is 4.79 Å². The number of hydrogen-bond donors (Lipinski definition) is 3. The van der Waals surface area contributed by atoms with E-state index in [9.17, 15) is 14.7 Å². The fourth-order valence-electron chi connectivity index (χ4n) is 3.37. The third-order valence-corrected chi connectivity index (χ3v) is 5.12. The van der Waals surface area contributed by atoms with Crippen LogP contribution in [0.1, 0.15) is 43.6 Å². The summed E-state index contributed by atoms with van der Waals surface area (Å²) < 4.78 is 16.5. The Kier molecular flexibility index (Phi) is 9.42. The van der Waals surface area contributed by atoms with Crippen molar-refractivity contribution in [2.24, 2.45) is 16.6 Å². The normalized spacial score (nSPS) is 12.6. The van der Waals surface area contributed by atoms with Crippen LogP contribution in [0.3, 0.4) is 0 Å². The highest BCUT2D eigenvalue weighted by Gasteiger charge is 2.27. The monoisotopic (exact) mass is 521 g/mol. The number of ether oxygens (including phenoxy) is 3. The van der Waals surface area contributed by atoms with Crippen molar-refractivity contribution in [2.75, 3.05) is 6.61 Å². The molecule has 10 heteroatoms. The lowest BCUT2D eigenvalue weighted by Gasteiger charge is -2.22. The third-order valence-electron chi connectivity index (χ3n) is 5.12. The molecule has 0 aliphatic rings. The van der Waals surface area contributed by atoms with Crippen LogP contribution in [0, 0.1) is 0 Å². The molecule has 0 saturated heterocycles. The number of benzene rings is 3. The number of esters is 1. The van der Waals surface area contributed by atoms with Crippen molar-refractivity contribution in [3.05, 3.63) is 95.6 Å². The summed E-state index contributed by atoms with van der Waals surface area (Å²) in [4.78, 5) is 33.3. The van der Waals surface area contributed by atoms with Crippen LogP contribution in [0.25, 0.3) is 0 Å². The summed E-state index contributed by atoms with van der Waals surface area (Å²) in [6.45, 7) is 4.78. The van der Waals surface area contributed by atoms with Crippen molar-refractivity contribution in [1.29, 1.82) is 0 Å².